The number of aromatic nitrogens is 3. The summed E-state index contributed by atoms with van der Waals surface area (Å²) >= 11 is 1.80. The lowest BCUT2D eigenvalue weighted by molar-refractivity contribution is 0.669. The van der Waals surface area contributed by atoms with Crippen molar-refractivity contribution in [3.63, 3.8) is 0 Å². The number of thiophene rings is 1. The molecule has 3 heterocycles. The van der Waals surface area contributed by atoms with E-state index in [1.54, 1.807) is 29.5 Å². The second kappa shape index (κ2) is 11.6. The lowest BCUT2D eigenvalue weighted by atomic mass is 10.0. The van der Waals surface area contributed by atoms with Crippen LogP contribution in [0.3, 0.4) is 0 Å². The van der Waals surface area contributed by atoms with Crippen LogP contribution in [0.4, 0.5) is 0 Å². The molecule has 0 aliphatic rings. The first-order valence-electron chi connectivity index (χ1n) is 18.7. The highest BCUT2D eigenvalue weighted by Gasteiger charge is 2.19. The number of para-hydroxylation sites is 1. The van der Waals surface area contributed by atoms with Gasteiger partial charge in [0.15, 0.2) is 17.5 Å². The van der Waals surface area contributed by atoms with E-state index in [-0.39, 0.29) is 17.6 Å². The van der Waals surface area contributed by atoms with Crippen molar-refractivity contribution >= 4 is 53.4 Å². The first-order chi connectivity index (χ1) is 26.8. The maximum Gasteiger partial charge on any atom is 0.167 e. The highest BCUT2D eigenvalue weighted by molar-refractivity contribution is 7.26. The SMILES string of the molecule is [2H]c1c([2H])c([2H])c(-c2cccc(-c3nc(-c4ccccc4)nc(-c4cccc5c4oc4cc(-c6cccc7c6sc6ccccc67)ccc45)n3)c2)c([2H])c1[2H]. The second-order valence-electron chi connectivity index (χ2n) is 12.0. The van der Waals surface area contributed by atoms with Gasteiger partial charge in [0.25, 0.3) is 0 Å². The molecule has 10 rings (SSSR count). The summed E-state index contributed by atoms with van der Waals surface area (Å²) in [6.07, 6.45) is 0. The van der Waals surface area contributed by atoms with E-state index < -0.39 is 18.1 Å². The van der Waals surface area contributed by atoms with Gasteiger partial charge in [0, 0.05) is 42.1 Å². The Morgan fingerprint density at radius 3 is 2.02 bits per heavy atom. The van der Waals surface area contributed by atoms with E-state index in [4.69, 9.17) is 26.2 Å². The van der Waals surface area contributed by atoms with E-state index in [2.05, 4.69) is 60.7 Å². The Labute approximate surface area is 299 Å². The molecule has 0 aliphatic carbocycles. The molecule has 0 bridgehead atoms. The lowest BCUT2D eigenvalue weighted by Crippen LogP contribution is -2.00. The fraction of sp³-hybridized carbons (Fsp3) is 0. The van der Waals surface area contributed by atoms with Gasteiger partial charge in [0.05, 0.1) is 12.4 Å². The summed E-state index contributed by atoms with van der Waals surface area (Å²) in [5, 5.41) is 4.41. The van der Waals surface area contributed by atoms with E-state index >= 15 is 0 Å². The third kappa shape index (κ3) is 4.79. The molecule has 0 spiro atoms. The molecule has 0 fully saturated rings. The summed E-state index contributed by atoms with van der Waals surface area (Å²) in [5.41, 5.74) is 6.29. The van der Waals surface area contributed by atoms with Crippen molar-refractivity contribution in [1.29, 1.82) is 0 Å². The number of hydrogen-bond donors (Lipinski definition) is 0. The highest BCUT2D eigenvalue weighted by atomic mass is 32.1. The Bertz CT molecular complexity index is 3150. The van der Waals surface area contributed by atoms with E-state index in [1.807, 2.05) is 54.6 Å². The lowest BCUT2D eigenvalue weighted by Gasteiger charge is -2.10. The van der Waals surface area contributed by atoms with E-state index in [0.717, 1.165) is 33.0 Å². The van der Waals surface area contributed by atoms with E-state index in [9.17, 15) is 0 Å². The molecule has 0 saturated carbocycles. The molecule has 3 aromatic heterocycles. The van der Waals surface area contributed by atoms with Gasteiger partial charge < -0.3 is 4.42 Å². The molecule has 0 amide bonds. The summed E-state index contributed by atoms with van der Waals surface area (Å²) in [4.78, 5) is 14.8. The standard InChI is InChI=1S/C45H27N3OS/c1-3-12-28(13-4-1)30-16-9-17-32(26-30)44-46-43(29-14-5-2-6-15-29)47-45(48-44)38-22-11-20-36-34-25-24-31(27-39(34)49-41(36)38)33-19-10-21-37-35-18-7-8-23-40(35)50-42(33)37/h1-27H/i1D,3D,4D,12D,13D. The first-order valence-corrected chi connectivity index (χ1v) is 17.0. The van der Waals surface area contributed by atoms with E-state index in [1.165, 1.54) is 20.2 Å². The smallest absolute Gasteiger partial charge is 0.167 e. The quantitative estimate of drug-likeness (QED) is 0.184. The van der Waals surface area contributed by atoms with Gasteiger partial charge in [-0.25, -0.2) is 15.0 Å². The number of furan rings is 1. The Kier molecular flexibility index (Phi) is 5.54. The van der Waals surface area contributed by atoms with Gasteiger partial charge in [-0.2, -0.15) is 0 Å². The highest BCUT2D eigenvalue weighted by Crippen LogP contribution is 2.42. The predicted molar refractivity (Wildman–Crippen MR) is 207 cm³/mol. The molecule has 0 radical (unpaired) electrons. The van der Waals surface area contributed by atoms with Gasteiger partial charge in [0.2, 0.25) is 0 Å². The maximum absolute atomic E-state index is 8.56. The van der Waals surface area contributed by atoms with Crippen LogP contribution in [-0.2, 0) is 0 Å². The first kappa shape index (κ1) is 23.8. The van der Waals surface area contributed by atoms with Crippen LogP contribution in [-0.4, -0.2) is 15.0 Å². The van der Waals surface area contributed by atoms with Crippen molar-refractivity contribution in [2.75, 3.05) is 0 Å². The van der Waals surface area contributed by atoms with Crippen molar-refractivity contribution in [1.82, 2.24) is 15.0 Å². The van der Waals surface area contributed by atoms with Crippen LogP contribution >= 0.6 is 11.3 Å². The number of hydrogen-bond acceptors (Lipinski definition) is 5. The van der Waals surface area contributed by atoms with Crippen LogP contribution in [0.25, 0.3) is 98.5 Å². The normalized spacial score (nSPS) is 13.0. The fourth-order valence-corrected chi connectivity index (χ4v) is 7.90. The third-order valence-electron chi connectivity index (χ3n) is 9.03. The van der Waals surface area contributed by atoms with E-state index in [0.29, 0.717) is 39.7 Å². The number of rotatable bonds is 5. The topological polar surface area (TPSA) is 51.8 Å². The molecule has 7 aromatic carbocycles. The summed E-state index contributed by atoms with van der Waals surface area (Å²) in [7, 11) is 0. The van der Waals surface area contributed by atoms with Crippen LogP contribution in [0.15, 0.2) is 168 Å². The molecular weight excluding hydrogens is 631 g/mol. The van der Waals surface area contributed by atoms with Crippen LogP contribution in [0, 0.1) is 0 Å². The zero-order valence-electron chi connectivity index (χ0n) is 31.4. The van der Waals surface area contributed by atoms with Gasteiger partial charge in [-0.1, -0.05) is 133 Å². The third-order valence-corrected chi connectivity index (χ3v) is 10.3. The monoisotopic (exact) mass is 662 g/mol. The van der Waals surface area contributed by atoms with Crippen LogP contribution < -0.4 is 0 Å². The largest absolute Gasteiger partial charge is 0.455 e. The summed E-state index contributed by atoms with van der Waals surface area (Å²) < 4.78 is 50.8. The van der Waals surface area contributed by atoms with Gasteiger partial charge in [0.1, 0.15) is 11.2 Å². The Morgan fingerprint density at radius 2 is 1.14 bits per heavy atom. The number of nitrogens with zero attached hydrogens (tertiary/aromatic N) is 3. The zero-order valence-corrected chi connectivity index (χ0v) is 27.2. The van der Waals surface area contributed by atoms with Crippen LogP contribution in [0.5, 0.6) is 0 Å². The average Bonchev–Trinajstić information content (AvgIpc) is 3.81. The van der Waals surface area contributed by atoms with Crippen molar-refractivity contribution < 1.29 is 11.3 Å². The van der Waals surface area contributed by atoms with Crippen molar-refractivity contribution in [2.45, 2.75) is 0 Å². The molecular formula is C45H27N3OS. The second-order valence-corrected chi connectivity index (χ2v) is 13.1. The summed E-state index contributed by atoms with van der Waals surface area (Å²) in [6.45, 7) is 0. The molecule has 0 aliphatic heterocycles. The molecule has 0 unspecified atom stereocenters. The molecule has 10 aromatic rings. The van der Waals surface area contributed by atoms with Crippen LogP contribution in [0.1, 0.15) is 6.85 Å². The molecule has 0 atom stereocenters. The minimum absolute atomic E-state index is 0.111. The zero-order chi connectivity index (χ0) is 37.4. The Balaban J connectivity index is 1.13. The molecule has 4 nitrogen and oxygen atoms in total. The number of fused-ring (bicyclic) bond motifs is 6. The molecule has 0 N–H and O–H groups in total. The Hall–Kier alpha value is -6.43. The minimum Gasteiger partial charge on any atom is -0.455 e. The van der Waals surface area contributed by atoms with Crippen molar-refractivity contribution in [3.05, 3.63) is 164 Å². The van der Waals surface area contributed by atoms with Crippen molar-refractivity contribution in [3.8, 4) is 56.4 Å². The van der Waals surface area contributed by atoms with Gasteiger partial charge >= 0.3 is 0 Å². The minimum atomic E-state index is -0.436. The van der Waals surface area contributed by atoms with Gasteiger partial charge in [-0.15, -0.1) is 11.3 Å². The van der Waals surface area contributed by atoms with Gasteiger partial charge in [-0.3, -0.25) is 0 Å². The summed E-state index contributed by atoms with van der Waals surface area (Å²) in [6, 6.07) is 42.3. The Morgan fingerprint density at radius 1 is 0.460 bits per heavy atom. The maximum atomic E-state index is 8.56. The fourth-order valence-electron chi connectivity index (χ4n) is 6.67. The molecule has 50 heavy (non-hydrogen) atoms. The predicted octanol–water partition coefficient (Wildman–Crippen LogP) is 12.5. The van der Waals surface area contributed by atoms with Crippen LogP contribution in [0.2, 0.25) is 0 Å². The molecule has 234 valence electrons. The molecule has 5 heteroatoms. The summed E-state index contributed by atoms with van der Waals surface area (Å²) in [5.74, 6) is 1.24. The van der Waals surface area contributed by atoms with Gasteiger partial charge in [-0.05, 0) is 52.6 Å². The molecule has 0 saturated heterocycles. The number of benzene rings is 7. The van der Waals surface area contributed by atoms with Crippen molar-refractivity contribution in [2.24, 2.45) is 0 Å². The average molecular weight is 663 g/mol.